The number of aliphatic hydroxyl groups is 1. The van der Waals surface area contributed by atoms with Gasteiger partial charge in [0.15, 0.2) is 0 Å². The second-order valence-electron chi connectivity index (χ2n) is 11.1. The Balaban J connectivity index is 1.97. The SMILES string of the molecule is O=c1ccn(CC(CO)OCP(=O)(O)OCCCOCCCCCCCCCCCCCCC(F)(C(F)(F)F)C(F)(F)F)c(=O)[nH]1. The summed E-state index contributed by atoms with van der Waals surface area (Å²) in [4.78, 5) is 34.8. The topological polar surface area (TPSA) is 140 Å². The van der Waals surface area contributed by atoms with E-state index in [1.807, 2.05) is 0 Å². The van der Waals surface area contributed by atoms with Gasteiger partial charge < -0.3 is 24.0 Å². The maximum Gasteiger partial charge on any atom is 0.431 e. The second-order valence-corrected chi connectivity index (χ2v) is 12.9. The molecule has 0 saturated heterocycles. The normalized spacial score (nSPS) is 14.8. The van der Waals surface area contributed by atoms with Crippen LogP contribution in [0.5, 0.6) is 0 Å². The third kappa shape index (κ3) is 16.9. The third-order valence-corrected chi connectivity index (χ3v) is 8.22. The van der Waals surface area contributed by atoms with E-state index in [2.05, 4.69) is 4.98 Å². The molecule has 270 valence electrons. The predicted octanol–water partition coefficient (Wildman–Crippen LogP) is 6.38. The van der Waals surface area contributed by atoms with E-state index in [0.717, 1.165) is 62.0 Å². The minimum Gasteiger partial charge on any atom is -0.394 e. The number of hydrogen-bond acceptors (Lipinski definition) is 7. The fourth-order valence-corrected chi connectivity index (χ4v) is 5.35. The smallest absolute Gasteiger partial charge is 0.394 e. The van der Waals surface area contributed by atoms with Crippen LogP contribution in [0.15, 0.2) is 21.9 Å². The predicted molar refractivity (Wildman–Crippen MR) is 155 cm³/mol. The zero-order valence-electron chi connectivity index (χ0n) is 25.8. The summed E-state index contributed by atoms with van der Waals surface area (Å²) >= 11 is 0. The van der Waals surface area contributed by atoms with Gasteiger partial charge in [0.05, 0.1) is 25.9 Å². The minimum absolute atomic E-state index is 0.0469. The van der Waals surface area contributed by atoms with Crippen molar-refractivity contribution in [3.05, 3.63) is 33.1 Å². The molecule has 46 heavy (non-hydrogen) atoms. The molecule has 0 aromatic carbocycles. The van der Waals surface area contributed by atoms with Crippen LogP contribution in [-0.2, 0) is 25.1 Å². The van der Waals surface area contributed by atoms with Gasteiger partial charge in [-0.25, -0.2) is 9.18 Å². The number of unbranched alkanes of at least 4 members (excludes halogenated alkanes) is 11. The minimum atomic E-state index is -5.98. The first kappa shape index (κ1) is 42.2. The van der Waals surface area contributed by atoms with Crippen LogP contribution in [0.1, 0.15) is 89.9 Å². The van der Waals surface area contributed by atoms with Crippen molar-refractivity contribution < 1.29 is 59.3 Å². The number of halogens is 7. The first-order valence-corrected chi connectivity index (χ1v) is 17.2. The first-order chi connectivity index (χ1) is 21.5. The molecule has 0 aliphatic rings. The van der Waals surface area contributed by atoms with Crippen molar-refractivity contribution in [1.82, 2.24) is 9.55 Å². The van der Waals surface area contributed by atoms with Crippen molar-refractivity contribution in [2.75, 3.05) is 32.8 Å². The molecule has 0 spiro atoms. The third-order valence-electron chi connectivity index (χ3n) is 7.16. The van der Waals surface area contributed by atoms with E-state index in [0.29, 0.717) is 32.5 Å². The van der Waals surface area contributed by atoms with Crippen LogP contribution in [0.4, 0.5) is 30.7 Å². The van der Waals surface area contributed by atoms with E-state index in [4.69, 9.17) is 14.0 Å². The van der Waals surface area contributed by atoms with E-state index in [1.54, 1.807) is 0 Å². The molecule has 2 unspecified atom stereocenters. The lowest BCUT2D eigenvalue weighted by Gasteiger charge is -2.29. The molecule has 1 rings (SSSR count). The molecule has 1 heterocycles. The number of rotatable bonds is 26. The highest BCUT2D eigenvalue weighted by molar-refractivity contribution is 7.52. The zero-order valence-corrected chi connectivity index (χ0v) is 26.7. The molecule has 1 aromatic rings. The fraction of sp³-hybridized carbons (Fsp3) is 0.857. The van der Waals surface area contributed by atoms with E-state index in [-0.39, 0.29) is 19.6 Å². The number of ether oxygens (including phenoxy) is 2. The van der Waals surface area contributed by atoms with E-state index in [9.17, 15) is 54.9 Å². The van der Waals surface area contributed by atoms with Crippen molar-refractivity contribution in [3.63, 3.8) is 0 Å². The van der Waals surface area contributed by atoms with Gasteiger partial charge >= 0.3 is 25.6 Å². The molecular weight excluding hydrogens is 656 g/mol. The summed E-state index contributed by atoms with van der Waals surface area (Å²) in [5, 5.41) is 9.42. The van der Waals surface area contributed by atoms with Crippen molar-refractivity contribution in [2.24, 2.45) is 0 Å². The molecule has 1 aromatic heterocycles. The summed E-state index contributed by atoms with van der Waals surface area (Å²) < 4.78 is 118. The standard InChI is InChI=1S/C28H46F7N2O8P/c29-26(27(30,31)32,28(33,34)35)15-11-9-7-5-3-1-2-4-6-8-10-12-17-43-18-13-19-45-46(41,42)22-44-23(21-38)20-37-16-14-24(39)36-25(37)40/h14,16,23,38H,1-13,15,17-22H2,(H,41,42)(H,36,39,40). The Bertz CT molecular complexity index is 1120. The largest absolute Gasteiger partial charge is 0.431 e. The fourth-order valence-electron chi connectivity index (χ4n) is 4.46. The van der Waals surface area contributed by atoms with Gasteiger partial charge in [0.2, 0.25) is 0 Å². The van der Waals surface area contributed by atoms with Gasteiger partial charge in [0.1, 0.15) is 6.35 Å². The molecule has 0 amide bonds. The highest BCUT2D eigenvalue weighted by Gasteiger charge is 2.71. The number of H-pyrrole nitrogens is 1. The highest BCUT2D eigenvalue weighted by Crippen LogP contribution is 2.49. The van der Waals surface area contributed by atoms with Crippen molar-refractivity contribution in [2.45, 2.75) is 121 Å². The maximum atomic E-state index is 13.6. The number of nitrogens with one attached hydrogen (secondary N) is 1. The van der Waals surface area contributed by atoms with E-state index in [1.165, 1.54) is 6.20 Å². The summed E-state index contributed by atoms with van der Waals surface area (Å²) in [6, 6.07) is 1.12. The van der Waals surface area contributed by atoms with Gasteiger partial charge in [-0.1, -0.05) is 64.2 Å². The molecule has 0 saturated carbocycles. The van der Waals surface area contributed by atoms with Gasteiger partial charge in [-0.15, -0.1) is 0 Å². The summed E-state index contributed by atoms with van der Waals surface area (Å²) in [6.07, 6.45) is -5.31. The number of aliphatic hydroxyl groups excluding tert-OH is 1. The van der Waals surface area contributed by atoms with Crippen molar-refractivity contribution in [1.29, 1.82) is 0 Å². The summed E-state index contributed by atoms with van der Waals surface area (Å²) in [6.45, 7) is 0.126. The summed E-state index contributed by atoms with van der Waals surface area (Å²) in [7, 11) is -4.11. The van der Waals surface area contributed by atoms with Gasteiger partial charge in [-0.2, -0.15) is 26.3 Å². The molecule has 0 aliphatic heterocycles. The Labute approximate surface area is 263 Å². The van der Waals surface area contributed by atoms with Gasteiger partial charge in [0.25, 0.3) is 11.2 Å². The van der Waals surface area contributed by atoms with Crippen LogP contribution in [0, 0.1) is 0 Å². The number of aromatic nitrogens is 2. The number of alkyl halides is 7. The maximum absolute atomic E-state index is 13.6. The Hall–Kier alpha value is -1.78. The lowest BCUT2D eigenvalue weighted by molar-refractivity contribution is -0.343. The Kier molecular flexibility index (Phi) is 19.5. The van der Waals surface area contributed by atoms with Crippen LogP contribution in [0.2, 0.25) is 0 Å². The molecule has 2 atom stereocenters. The molecular formula is C28H46F7N2O8P. The average Bonchev–Trinajstić information content (AvgIpc) is 2.96. The van der Waals surface area contributed by atoms with Crippen LogP contribution in [0.3, 0.4) is 0 Å². The monoisotopic (exact) mass is 702 g/mol. The first-order valence-electron chi connectivity index (χ1n) is 15.4. The molecule has 0 radical (unpaired) electrons. The lowest BCUT2D eigenvalue weighted by atomic mass is 9.96. The van der Waals surface area contributed by atoms with Gasteiger partial charge in [-0.05, 0) is 25.7 Å². The number of nitrogens with zero attached hydrogens (tertiary/aromatic N) is 1. The van der Waals surface area contributed by atoms with Crippen LogP contribution in [-0.4, -0.2) is 76.5 Å². The number of aromatic amines is 1. The van der Waals surface area contributed by atoms with Crippen LogP contribution >= 0.6 is 7.60 Å². The Morgan fingerprint density at radius 2 is 1.28 bits per heavy atom. The molecule has 18 heteroatoms. The molecule has 10 nitrogen and oxygen atoms in total. The second kappa shape index (κ2) is 21.2. The highest BCUT2D eigenvalue weighted by atomic mass is 31.2. The van der Waals surface area contributed by atoms with Crippen molar-refractivity contribution >= 4 is 7.60 Å². The van der Waals surface area contributed by atoms with Gasteiger partial charge in [0, 0.05) is 25.5 Å². The molecule has 0 bridgehead atoms. The number of hydrogen-bond donors (Lipinski definition) is 3. The Morgan fingerprint density at radius 1 is 0.783 bits per heavy atom. The van der Waals surface area contributed by atoms with Crippen molar-refractivity contribution in [3.8, 4) is 0 Å². The van der Waals surface area contributed by atoms with Gasteiger partial charge in [-0.3, -0.25) is 18.9 Å². The molecule has 0 fully saturated rings. The quantitative estimate of drug-likeness (QED) is 0.0574. The lowest BCUT2D eigenvalue weighted by Crippen LogP contribution is -2.53. The Morgan fingerprint density at radius 3 is 1.78 bits per heavy atom. The average molecular weight is 703 g/mol. The summed E-state index contributed by atoms with van der Waals surface area (Å²) in [5.41, 5.74) is -6.44. The van der Waals surface area contributed by atoms with E-state index < -0.39 is 68.8 Å². The summed E-state index contributed by atoms with van der Waals surface area (Å²) in [5.74, 6) is 0. The molecule has 0 aliphatic carbocycles. The van der Waals surface area contributed by atoms with Crippen LogP contribution in [0.25, 0.3) is 0 Å². The van der Waals surface area contributed by atoms with E-state index >= 15 is 0 Å². The van der Waals surface area contributed by atoms with Crippen LogP contribution < -0.4 is 11.2 Å². The molecule has 3 N–H and O–H groups in total. The zero-order chi connectivity index (χ0) is 34.7.